The van der Waals surface area contributed by atoms with Crippen molar-refractivity contribution in [1.82, 2.24) is 0 Å². The molecule has 0 amide bonds. The quantitative estimate of drug-likeness (QED) is 0.203. The molecule has 0 saturated carbocycles. The first-order chi connectivity index (χ1) is 42.0. The Morgan fingerprint density at radius 3 is 0.0568 bits per heavy atom. The van der Waals surface area contributed by atoms with E-state index in [9.17, 15) is 0 Å². The van der Waals surface area contributed by atoms with Crippen molar-refractivity contribution in [2.75, 3.05) is 0 Å². The van der Waals surface area contributed by atoms with E-state index in [2.05, 4.69) is 285 Å². The molecule has 84 radical (unpaired) electrons. The SMILES string of the molecule is [C]=O.[C]=O.[C]=O.[C]=O.[C]=O.[C]=O.[C]=O.[C]=O.[C]=O.[C]=O.[C]=O.[C]=O.[C]=O.[C]=O.[C]=O.[C]=O.[C]=O.[C]=O.[C]=O.[C]=O.[C]=O.[C]=O.[C]=O.[C]=O.[C]=O.[C]=O.[C]=O.[C]=O.[C]=O.[C]=O.[C]=O.[C]=O.[C]=O.[C]=O.[C]=O.[C]=O.[C]=O.[C]=O.[C]=O.[C]=O.[C]=O.[C]=O.[Ru].[Ru].[Ru].[W]. The van der Waals surface area contributed by atoms with Gasteiger partial charge in [0.25, 0.3) is 285 Å². The van der Waals surface area contributed by atoms with Crippen molar-refractivity contribution < 1.29 is 281 Å². The summed E-state index contributed by atoms with van der Waals surface area (Å²) in [6.07, 6.45) is 0. The second-order valence-electron chi connectivity index (χ2n) is 0. The van der Waals surface area contributed by atoms with Crippen molar-refractivity contribution in [3.8, 4) is 0 Å². The molecule has 88 heavy (non-hydrogen) atoms. The van der Waals surface area contributed by atoms with Gasteiger partial charge in [-0.25, -0.2) is 0 Å². The number of hydrogen-bond acceptors (Lipinski definition) is 42. The maximum absolute atomic E-state index is 7.50. The molecule has 46 heteroatoms. The zero-order valence-corrected chi connectivity index (χ0v) is 47.8. The van der Waals surface area contributed by atoms with Crippen molar-refractivity contribution in [3.63, 3.8) is 0 Å². The van der Waals surface area contributed by atoms with Crippen molar-refractivity contribution in [2.24, 2.45) is 0 Å². The maximum atomic E-state index is 7.50. The van der Waals surface area contributed by atoms with Gasteiger partial charge >= 0.3 is 0 Å². The van der Waals surface area contributed by atoms with E-state index < -0.39 is 0 Å². The van der Waals surface area contributed by atoms with E-state index in [1.54, 1.807) is 0 Å². The first kappa shape index (κ1) is 466. The van der Waals surface area contributed by atoms with Crippen LogP contribution in [-0.4, -0.2) is 285 Å². The van der Waals surface area contributed by atoms with Crippen LogP contribution in [-0.2, 0) is 281 Å². The molecule has 0 heterocycles. The molecule has 0 bridgehead atoms. The summed E-state index contributed by atoms with van der Waals surface area (Å²) in [4.78, 5) is 315. The molecular weight excluding hydrogens is 1660 g/mol. The zero-order valence-electron chi connectivity index (χ0n) is 39.6. The predicted molar refractivity (Wildman–Crippen MR) is 239 cm³/mol. The van der Waals surface area contributed by atoms with Crippen LogP contribution in [0.25, 0.3) is 0 Å². The number of carbonyl (C=O) groups excluding carboxylic acids is 42. The molecule has 0 aromatic rings. The van der Waals surface area contributed by atoms with Gasteiger partial charge in [-0.2, -0.15) is 0 Å². The van der Waals surface area contributed by atoms with Gasteiger partial charge in [-0.3, -0.25) is 201 Å². The molecule has 0 aromatic heterocycles. The second kappa shape index (κ2) is 3310. The molecule has 0 fully saturated rings. The van der Waals surface area contributed by atoms with Gasteiger partial charge in [0.2, 0.25) is 0 Å². The van der Waals surface area contributed by atoms with Gasteiger partial charge in [0, 0.05) is 79.5 Å². The van der Waals surface area contributed by atoms with Crippen molar-refractivity contribution in [1.29, 1.82) is 0 Å². The van der Waals surface area contributed by atoms with Gasteiger partial charge in [0.1, 0.15) is 0 Å². The molecule has 0 unspecified atom stereocenters. The first-order valence-corrected chi connectivity index (χ1v) is 8.57. The standard InChI is InChI=1S/42CO.3Ru.W/c42*1-2;;;;. The minimum atomic E-state index is 0. The summed E-state index contributed by atoms with van der Waals surface area (Å²) in [5.74, 6) is 0. The molecule has 0 aliphatic carbocycles. The fourth-order valence-electron chi connectivity index (χ4n) is 0. The average Bonchev–Trinajstić information content (AvgIpc) is 3.74. The summed E-state index contributed by atoms with van der Waals surface area (Å²) in [5.41, 5.74) is 0. The van der Waals surface area contributed by atoms with Gasteiger partial charge in [0.15, 0.2) is 0 Å². The Bertz CT molecular complexity index is 337. The Labute approximate surface area is 563 Å². The largest absolute Gasteiger partial charge is 0.281 e. The van der Waals surface area contributed by atoms with Gasteiger partial charge in [-0.1, -0.05) is 0 Å². The van der Waals surface area contributed by atoms with E-state index in [1.807, 2.05) is 0 Å². The smallest absolute Gasteiger partial charge is 0.281 e. The molecule has 0 saturated heterocycles. The summed E-state index contributed by atoms with van der Waals surface area (Å²) in [7, 11) is 0. The van der Waals surface area contributed by atoms with E-state index >= 15 is 0 Å². The van der Waals surface area contributed by atoms with Gasteiger partial charge in [-0.15, -0.1) is 0 Å². The van der Waals surface area contributed by atoms with E-state index in [0.29, 0.717) is 0 Å². The molecule has 0 aliphatic rings. The van der Waals surface area contributed by atoms with E-state index in [4.69, 9.17) is 201 Å². The van der Waals surface area contributed by atoms with E-state index in [-0.39, 0.29) is 79.5 Å². The van der Waals surface area contributed by atoms with Crippen LogP contribution in [0.3, 0.4) is 0 Å². The normalized spacial score (nSPS) is 1.91. The van der Waals surface area contributed by atoms with Crippen LogP contribution in [0.5, 0.6) is 0 Å². The topological polar surface area (TPSA) is 717 Å². The Kier molecular flexibility index (Phi) is 17500. The Hall–Kier alpha value is -11.3. The fraction of sp³-hybridized carbons (Fsp3) is 0. The van der Waals surface area contributed by atoms with Crippen molar-refractivity contribution in [2.45, 2.75) is 0 Å². The molecule has 0 atom stereocenters. The van der Waals surface area contributed by atoms with Crippen LogP contribution in [0.1, 0.15) is 0 Å². The van der Waals surface area contributed by atoms with E-state index in [1.165, 1.54) is 0 Å². The van der Waals surface area contributed by atoms with Gasteiger partial charge in [0.05, 0.1) is 0 Å². The predicted octanol–water partition coefficient (Wildman–Crippen LogP) is -16.7. The molecule has 42 nitrogen and oxygen atoms in total. The zero-order chi connectivity index (χ0) is 84.0. The van der Waals surface area contributed by atoms with Crippen molar-refractivity contribution in [3.05, 3.63) is 0 Å². The summed E-state index contributed by atoms with van der Waals surface area (Å²) in [6.45, 7) is 189. The average molecular weight is 1660 g/mol. The molecule has 0 rings (SSSR count). The van der Waals surface area contributed by atoms with Crippen LogP contribution in [0, 0.1) is 0 Å². The third kappa shape index (κ3) is 3180. The number of rotatable bonds is 0. The Balaban J connectivity index is -0.00000000466. The third-order valence-electron chi connectivity index (χ3n) is 0. The summed E-state index contributed by atoms with van der Waals surface area (Å²) < 4.78 is 0. The maximum Gasteiger partial charge on any atom is 0.281 e. The molecule has 0 aromatic carbocycles. The first-order valence-electron chi connectivity index (χ1n) is 8.57. The van der Waals surface area contributed by atoms with Gasteiger partial charge in [-0.05, 0) is 0 Å². The van der Waals surface area contributed by atoms with Crippen LogP contribution in [0.15, 0.2) is 0 Å². The summed E-state index contributed by atoms with van der Waals surface area (Å²) in [5, 5.41) is 0. The Morgan fingerprint density at radius 2 is 0.0568 bits per heavy atom. The molecule has 0 N–H and O–H groups in total. The molecule has 450 valence electrons. The number of hydrogen-bond donors (Lipinski definition) is 0. The van der Waals surface area contributed by atoms with Crippen LogP contribution >= 0.6 is 0 Å². The molecule has 0 spiro atoms. The molecule has 0 aliphatic heterocycles. The molecular formula is C42O42Ru3W. The minimum absolute atomic E-state index is 0. The summed E-state index contributed by atoms with van der Waals surface area (Å²) in [6, 6.07) is 0. The minimum Gasteiger partial charge on any atom is -0.281 e. The third-order valence-corrected chi connectivity index (χ3v) is 0. The fourth-order valence-corrected chi connectivity index (χ4v) is 0. The van der Waals surface area contributed by atoms with Crippen LogP contribution in [0.4, 0.5) is 0 Å². The van der Waals surface area contributed by atoms with Gasteiger partial charge < -0.3 is 0 Å². The van der Waals surface area contributed by atoms with Crippen LogP contribution < -0.4 is 0 Å². The monoisotopic (exact) mass is 1670 g/mol. The van der Waals surface area contributed by atoms with Crippen molar-refractivity contribution >= 4 is 285 Å². The van der Waals surface area contributed by atoms with E-state index in [0.717, 1.165) is 0 Å². The summed E-state index contributed by atoms with van der Waals surface area (Å²) >= 11 is 0. The van der Waals surface area contributed by atoms with Crippen LogP contribution in [0.2, 0.25) is 0 Å². The Morgan fingerprint density at radius 1 is 0.0568 bits per heavy atom. The second-order valence-corrected chi connectivity index (χ2v) is 0.